The van der Waals surface area contributed by atoms with Gasteiger partial charge in [-0.05, 0) is 31.5 Å². The van der Waals surface area contributed by atoms with Gasteiger partial charge in [0.25, 0.3) is 5.91 Å². The first kappa shape index (κ1) is 19.7. The summed E-state index contributed by atoms with van der Waals surface area (Å²) in [4.78, 5) is 38.4. The number of sulfone groups is 1. The van der Waals surface area contributed by atoms with Gasteiger partial charge in [0, 0.05) is 17.5 Å². The molecule has 0 spiro atoms. The Bertz CT molecular complexity index is 883. The summed E-state index contributed by atoms with van der Waals surface area (Å²) in [6.07, 6.45) is 0.401. The van der Waals surface area contributed by atoms with Crippen molar-refractivity contribution in [1.29, 1.82) is 0 Å². The van der Waals surface area contributed by atoms with E-state index in [-0.39, 0.29) is 29.0 Å². The zero-order valence-corrected chi connectivity index (χ0v) is 16.4. The van der Waals surface area contributed by atoms with Crippen LogP contribution in [-0.4, -0.2) is 67.6 Å². The van der Waals surface area contributed by atoms with Crippen LogP contribution in [0.15, 0.2) is 23.1 Å². The lowest BCUT2D eigenvalue weighted by molar-refractivity contribution is -0.136. The second-order valence-electron chi connectivity index (χ2n) is 6.36. The highest BCUT2D eigenvalue weighted by Crippen LogP contribution is 2.32. The van der Waals surface area contributed by atoms with Gasteiger partial charge in [0.2, 0.25) is 5.91 Å². The number of nitrogens with zero attached hydrogens (tertiary/aromatic N) is 1. The smallest absolute Gasteiger partial charge is 0.338 e. The number of amides is 2. The number of hydrogen-bond donors (Lipinski definition) is 1. The highest BCUT2D eigenvalue weighted by molar-refractivity contribution is 8.00. The first-order chi connectivity index (χ1) is 12.8. The number of anilines is 1. The Morgan fingerprint density at radius 2 is 2.15 bits per heavy atom. The summed E-state index contributed by atoms with van der Waals surface area (Å²) in [7, 11) is -3.11. The molecule has 8 nitrogen and oxygen atoms in total. The number of hydrogen-bond acceptors (Lipinski definition) is 7. The molecule has 10 heteroatoms. The molecule has 27 heavy (non-hydrogen) atoms. The lowest BCUT2D eigenvalue weighted by atomic mass is 10.2. The van der Waals surface area contributed by atoms with Crippen molar-refractivity contribution < 1.29 is 27.5 Å². The molecule has 1 unspecified atom stereocenters. The summed E-state index contributed by atoms with van der Waals surface area (Å²) in [6, 6.07) is 4.45. The summed E-state index contributed by atoms with van der Waals surface area (Å²) >= 11 is 1.38. The van der Waals surface area contributed by atoms with Crippen LogP contribution in [0.25, 0.3) is 0 Å². The zero-order chi connectivity index (χ0) is 19.6. The molecule has 1 N–H and O–H groups in total. The topological polar surface area (TPSA) is 110 Å². The van der Waals surface area contributed by atoms with Crippen LogP contribution in [0.5, 0.6) is 0 Å². The molecule has 1 aromatic carbocycles. The van der Waals surface area contributed by atoms with Crippen molar-refractivity contribution in [1.82, 2.24) is 4.90 Å². The van der Waals surface area contributed by atoms with Crippen molar-refractivity contribution in [2.24, 2.45) is 0 Å². The van der Waals surface area contributed by atoms with E-state index in [1.54, 1.807) is 19.1 Å². The number of benzene rings is 1. The number of rotatable bonds is 5. The standard InChI is InChI=1S/C17H20N2O6S2/c1-2-19(12-5-6-27(23,24)10-12)16(21)8-25-17(22)11-3-4-14-13(7-11)18-15(20)9-26-14/h3-4,7,12H,2,5-6,8-10H2,1H3,(H,18,20). The predicted molar refractivity (Wildman–Crippen MR) is 101 cm³/mol. The van der Waals surface area contributed by atoms with Gasteiger partial charge in [0.1, 0.15) is 0 Å². The number of carbonyl (C=O) groups excluding carboxylic acids is 3. The molecule has 0 saturated carbocycles. The molecule has 2 aliphatic rings. The normalized spacial score (nSPS) is 20.5. The molecule has 3 rings (SSSR count). The summed E-state index contributed by atoms with van der Waals surface area (Å²) in [5.74, 6) is -0.892. The van der Waals surface area contributed by atoms with Gasteiger partial charge in [-0.2, -0.15) is 0 Å². The fraction of sp³-hybridized carbons (Fsp3) is 0.471. The van der Waals surface area contributed by atoms with Crippen LogP contribution in [0.2, 0.25) is 0 Å². The number of ether oxygens (including phenoxy) is 1. The molecule has 1 atom stereocenters. The van der Waals surface area contributed by atoms with E-state index in [0.29, 0.717) is 24.4 Å². The molecule has 1 fully saturated rings. The lowest BCUT2D eigenvalue weighted by Gasteiger charge is -2.26. The van der Waals surface area contributed by atoms with E-state index in [9.17, 15) is 22.8 Å². The number of carbonyl (C=O) groups is 3. The number of esters is 1. The van der Waals surface area contributed by atoms with E-state index in [1.807, 2.05) is 0 Å². The molecule has 0 aliphatic carbocycles. The van der Waals surface area contributed by atoms with Gasteiger partial charge in [0.15, 0.2) is 16.4 Å². The summed E-state index contributed by atoms with van der Waals surface area (Å²) < 4.78 is 28.3. The maximum absolute atomic E-state index is 12.4. The average molecular weight is 412 g/mol. The number of nitrogens with one attached hydrogen (secondary N) is 1. The van der Waals surface area contributed by atoms with Crippen LogP contribution in [0.3, 0.4) is 0 Å². The van der Waals surface area contributed by atoms with Gasteiger partial charge >= 0.3 is 5.97 Å². The van der Waals surface area contributed by atoms with Crippen LogP contribution >= 0.6 is 11.8 Å². The monoisotopic (exact) mass is 412 g/mol. The second-order valence-corrected chi connectivity index (χ2v) is 9.61. The predicted octanol–water partition coefficient (Wildman–Crippen LogP) is 0.923. The van der Waals surface area contributed by atoms with Crippen LogP contribution in [0.1, 0.15) is 23.7 Å². The Labute approximate surface area is 161 Å². The molecule has 0 radical (unpaired) electrons. The first-order valence-electron chi connectivity index (χ1n) is 8.53. The minimum atomic E-state index is -3.11. The van der Waals surface area contributed by atoms with Crippen molar-refractivity contribution in [2.75, 3.05) is 35.7 Å². The van der Waals surface area contributed by atoms with Crippen molar-refractivity contribution in [3.8, 4) is 0 Å². The maximum Gasteiger partial charge on any atom is 0.338 e. The highest BCUT2D eigenvalue weighted by atomic mass is 32.2. The Morgan fingerprint density at radius 3 is 2.81 bits per heavy atom. The van der Waals surface area contributed by atoms with E-state index in [2.05, 4.69) is 5.32 Å². The Balaban J connectivity index is 1.60. The summed E-state index contributed by atoms with van der Waals surface area (Å²) in [5.41, 5.74) is 0.777. The fourth-order valence-electron chi connectivity index (χ4n) is 3.16. The Hall–Kier alpha value is -2.07. The number of likely N-dealkylation sites (N-methyl/N-ethyl adjacent to an activating group) is 1. The van der Waals surface area contributed by atoms with Gasteiger partial charge in [-0.15, -0.1) is 11.8 Å². The number of fused-ring (bicyclic) bond motifs is 1. The van der Waals surface area contributed by atoms with Crippen LogP contribution in [0.4, 0.5) is 5.69 Å². The third kappa shape index (κ3) is 4.62. The zero-order valence-electron chi connectivity index (χ0n) is 14.8. The van der Waals surface area contributed by atoms with Crippen molar-refractivity contribution in [2.45, 2.75) is 24.3 Å². The molecular formula is C17H20N2O6S2. The van der Waals surface area contributed by atoms with E-state index < -0.39 is 28.3 Å². The van der Waals surface area contributed by atoms with E-state index in [0.717, 1.165) is 4.90 Å². The minimum absolute atomic E-state index is 0.0529. The quantitative estimate of drug-likeness (QED) is 0.716. The van der Waals surface area contributed by atoms with Gasteiger partial charge in [-0.3, -0.25) is 9.59 Å². The van der Waals surface area contributed by atoms with Crippen LogP contribution in [0, 0.1) is 0 Å². The highest BCUT2D eigenvalue weighted by Gasteiger charge is 2.34. The van der Waals surface area contributed by atoms with Crippen molar-refractivity contribution in [3.63, 3.8) is 0 Å². The molecule has 0 aromatic heterocycles. The molecule has 2 heterocycles. The van der Waals surface area contributed by atoms with Gasteiger partial charge in [-0.1, -0.05) is 0 Å². The van der Waals surface area contributed by atoms with Crippen LogP contribution < -0.4 is 5.32 Å². The van der Waals surface area contributed by atoms with Gasteiger partial charge < -0.3 is 15.0 Å². The van der Waals surface area contributed by atoms with E-state index >= 15 is 0 Å². The SMILES string of the molecule is CCN(C(=O)COC(=O)c1ccc2c(c1)NC(=O)CS2)C1CCS(=O)(=O)C1. The molecular weight excluding hydrogens is 392 g/mol. The van der Waals surface area contributed by atoms with E-state index in [1.165, 1.54) is 22.7 Å². The largest absolute Gasteiger partial charge is 0.452 e. The molecule has 0 bridgehead atoms. The maximum atomic E-state index is 12.4. The van der Waals surface area contributed by atoms with Gasteiger partial charge in [0.05, 0.1) is 28.5 Å². The molecule has 1 saturated heterocycles. The Morgan fingerprint density at radius 1 is 1.37 bits per heavy atom. The average Bonchev–Trinajstić information content (AvgIpc) is 2.99. The van der Waals surface area contributed by atoms with Gasteiger partial charge in [-0.25, -0.2) is 13.2 Å². The van der Waals surface area contributed by atoms with Crippen molar-refractivity contribution >= 4 is 45.1 Å². The second kappa shape index (κ2) is 7.89. The lowest BCUT2D eigenvalue weighted by Crippen LogP contribution is -2.43. The Kier molecular flexibility index (Phi) is 5.75. The third-order valence-electron chi connectivity index (χ3n) is 4.49. The minimum Gasteiger partial charge on any atom is -0.452 e. The molecule has 2 aliphatic heterocycles. The van der Waals surface area contributed by atoms with Crippen LogP contribution in [-0.2, 0) is 24.2 Å². The summed E-state index contributed by atoms with van der Waals surface area (Å²) in [6.45, 7) is 1.65. The van der Waals surface area contributed by atoms with E-state index in [4.69, 9.17) is 4.74 Å². The van der Waals surface area contributed by atoms with Crippen molar-refractivity contribution in [3.05, 3.63) is 23.8 Å². The molecule has 1 aromatic rings. The fourth-order valence-corrected chi connectivity index (χ4v) is 5.68. The number of thioether (sulfide) groups is 1. The molecule has 146 valence electrons. The molecule has 2 amide bonds. The third-order valence-corrected chi connectivity index (χ3v) is 7.31. The first-order valence-corrected chi connectivity index (χ1v) is 11.3. The summed E-state index contributed by atoms with van der Waals surface area (Å²) in [5, 5.41) is 2.69.